The van der Waals surface area contributed by atoms with Gasteiger partial charge < -0.3 is 10.6 Å². The quantitative estimate of drug-likeness (QED) is 0.835. The second-order valence-electron chi connectivity index (χ2n) is 4.19. The van der Waals surface area contributed by atoms with Crippen molar-refractivity contribution in [2.75, 3.05) is 17.2 Å². The van der Waals surface area contributed by atoms with Crippen LogP contribution in [0.15, 0.2) is 18.2 Å². The summed E-state index contributed by atoms with van der Waals surface area (Å²) in [7, 11) is 0. The minimum absolute atomic E-state index is 0. The Labute approximate surface area is 102 Å². The minimum atomic E-state index is 0. The number of amides is 1. The van der Waals surface area contributed by atoms with Crippen molar-refractivity contribution in [2.24, 2.45) is 5.92 Å². The van der Waals surface area contributed by atoms with E-state index in [1.165, 1.54) is 11.3 Å². The number of nitrogens with one attached hydrogen (secondary N) is 2. The third-order valence-corrected chi connectivity index (χ3v) is 2.61. The molecule has 0 unspecified atom stereocenters. The van der Waals surface area contributed by atoms with Gasteiger partial charge in [0.2, 0.25) is 5.91 Å². The highest BCUT2D eigenvalue weighted by molar-refractivity contribution is 5.92. The Morgan fingerprint density at radius 3 is 2.88 bits per heavy atom. The van der Waals surface area contributed by atoms with Gasteiger partial charge >= 0.3 is 0 Å². The van der Waals surface area contributed by atoms with Gasteiger partial charge in [0.05, 0.1) is 0 Å². The molecule has 0 spiro atoms. The molecule has 0 radical (unpaired) electrons. The number of rotatable bonds is 2. The van der Waals surface area contributed by atoms with Crippen LogP contribution < -0.4 is 10.6 Å². The van der Waals surface area contributed by atoms with Crippen LogP contribution in [0, 0.1) is 5.92 Å². The Bertz CT molecular complexity index is 391. The summed E-state index contributed by atoms with van der Waals surface area (Å²) in [5.74, 6) is 0.0947. The zero-order chi connectivity index (χ0) is 10.8. The first kappa shape index (κ1) is 12.8. The van der Waals surface area contributed by atoms with E-state index in [1.54, 1.807) is 0 Å². The van der Waals surface area contributed by atoms with Crippen LogP contribution in [0.4, 0.5) is 11.4 Å². The van der Waals surface area contributed by atoms with Gasteiger partial charge in [-0.25, -0.2) is 0 Å². The number of halogens is 1. The number of hydrogen-bond acceptors (Lipinski definition) is 2. The molecule has 1 aliphatic heterocycles. The number of fused-ring (bicyclic) bond motifs is 1. The monoisotopic (exact) mass is 240 g/mol. The van der Waals surface area contributed by atoms with Gasteiger partial charge in [-0.05, 0) is 30.2 Å². The van der Waals surface area contributed by atoms with Crippen molar-refractivity contribution in [3.8, 4) is 0 Å². The molecule has 2 N–H and O–H groups in total. The van der Waals surface area contributed by atoms with E-state index in [0.717, 1.165) is 18.7 Å². The summed E-state index contributed by atoms with van der Waals surface area (Å²) in [6, 6.07) is 6.02. The molecule has 0 saturated heterocycles. The summed E-state index contributed by atoms with van der Waals surface area (Å²) in [6.07, 6.45) is 1.04. The van der Waals surface area contributed by atoms with Crippen LogP contribution in [0.2, 0.25) is 0 Å². The summed E-state index contributed by atoms with van der Waals surface area (Å²) >= 11 is 0. The van der Waals surface area contributed by atoms with Crippen LogP contribution >= 0.6 is 12.4 Å². The van der Waals surface area contributed by atoms with Gasteiger partial charge in [0.25, 0.3) is 0 Å². The van der Waals surface area contributed by atoms with Crippen molar-refractivity contribution in [3.63, 3.8) is 0 Å². The van der Waals surface area contributed by atoms with E-state index in [9.17, 15) is 4.79 Å². The van der Waals surface area contributed by atoms with Crippen LogP contribution in [0.25, 0.3) is 0 Å². The van der Waals surface area contributed by atoms with E-state index >= 15 is 0 Å². The van der Waals surface area contributed by atoms with Crippen molar-refractivity contribution in [1.29, 1.82) is 0 Å². The first-order chi connectivity index (χ1) is 7.16. The molecule has 2 rings (SSSR count). The van der Waals surface area contributed by atoms with Gasteiger partial charge in [0.1, 0.15) is 0 Å². The van der Waals surface area contributed by atoms with Crippen LogP contribution in [-0.4, -0.2) is 12.5 Å². The Morgan fingerprint density at radius 2 is 2.19 bits per heavy atom. The Hall–Kier alpha value is -1.22. The maximum Gasteiger partial charge on any atom is 0.226 e. The van der Waals surface area contributed by atoms with Crippen molar-refractivity contribution in [3.05, 3.63) is 23.8 Å². The number of carbonyl (C=O) groups excluding carboxylic acids is 1. The number of benzene rings is 1. The van der Waals surface area contributed by atoms with Crippen LogP contribution in [0.1, 0.15) is 19.4 Å². The van der Waals surface area contributed by atoms with Gasteiger partial charge in [-0.2, -0.15) is 0 Å². The van der Waals surface area contributed by atoms with E-state index in [1.807, 2.05) is 26.0 Å². The fraction of sp³-hybridized carbons (Fsp3) is 0.417. The van der Waals surface area contributed by atoms with Crippen molar-refractivity contribution in [2.45, 2.75) is 20.3 Å². The molecule has 0 fully saturated rings. The van der Waals surface area contributed by atoms with E-state index in [-0.39, 0.29) is 24.2 Å². The van der Waals surface area contributed by atoms with Crippen LogP contribution in [-0.2, 0) is 11.2 Å². The van der Waals surface area contributed by atoms with Crippen LogP contribution in [0.3, 0.4) is 0 Å². The molecule has 0 atom stereocenters. The molecular formula is C12H17ClN2O. The Kier molecular flexibility index (Phi) is 4.19. The predicted octanol–water partition coefficient (Wildman–Crippen LogP) is 2.67. The fourth-order valence-electron chi connectivity index (χ4n) is 1.67. The zero-order valence-electron chi connectivity index (χ0n) is 9.54. The van der Waals surface area contributed by atoms with Crippen molar-refractivity contribution < 1.29 is 4.79 Å². The molecule has 4 heteroatoms. The first-order valence-corrected chi connectivity index (χ1v) is 5.34. The molecule has 1 aromatic carbocycles. The summed E-state index contributed by atoms with van der Waals surface area (Å²) in [5.41, 5.74) is 3.38. The summed E-state index contributed by atoms with van der Waals surface area (Å²) < 4.78 is 0. The first-order valence-electron chi connectivity index (χ1n) is 5.34. The van der Waals surface area contributed by atoms with Crippen molar-refractivity contribution >= 4 is 29.7 Å². The standard InChI is InChI=1S/C12H16N2O.ClH/c1-8(2)12(15)14-10-3-4-11-9(7-10)5-6-13-11;/h3-4,7-8,13H,5-6H2,1-2H3,(H,14,15);1H. The molecular weight excluding hydrogens is 224 g/mol. The fourth-order valence-corrected chi connectivity index (χ4v) is 1.67. The lowest BCUT2D eigenvalue weighted by molar-refractivity contribution is -0.118. The molecule has 0 aromatic heterocycles. The highest BCUT2D eigenvalue weighted by Crippen LogP contribution is 2.25. The topological polar surface area (TPSA) is 41.1 Å². The third kappa shape index (κ3) is 2.67. The highest BCUT2D eigenvalue weighted by atomic mass is 35.5. The van der Waals surface area contributed by atoms with E-state index in [4.69, 9.17) is 0 Å². The average molecular weight is 241 g/mol. The Balaban J connectivity index is 0.00000128. The molecule has 1 aromatic rings. The SMILES string of the molecule is CC(C)C(=O)Nc1ccc2c(c1)CCN2.Cl. The normalized spacial score (nSPS) is 12.7. The lowest BCUT2D eigenvalue weighted by Crippen LogP contribution is -2.17. The molecule has 88 valence electrons. The predicted molar refractivity (Wildman–Crippen MR) is 69.4 cm³/mol. The zero-order valence-corrected chi connectivity index (χ0v) is 10.4. The number of carbonyl (C=O) groups is 1. The smallest absolute Gasteiger partial charge is 0.226 e. The highest BCUT2D eigenvalue weighted by Gasteiger charge is 2.12. The van der Waals surface area contributed by atoms with Gasteiger partial charge in [-0.15, -0.1) is 12.4 Å². The Morgan fingerprint density at radius 1 is 1.44 bits per heavy atom. The maximum atomic E-state index is 11.5. The second kappa shape index (κ2) is 5.21. The van der Waals surface area contributed by atoms with E-state index < -0.39 is 0 Å². The molecule has 1 heterocycles. The summed E-state index contributed by atoms with van der Waals surface area (Å²) in [6.45, 7) is 4.78. The van der Waals surface area contributed by atoms with Crippen LogP contribution in [0.5, 0.6) is 0 Å². The number of anilines is 2. The summed E-state index contributed by atoms with van der Waals surface area (Å²) in [5, 5.41) is 6.20. The average Bonchev–Trinajstić information content (AvgIpc) is 2.64. The molecule has 3 nitrogen and oxygen atoms in total. The lowest BCUT2D eigenvalue weighted by atomic mass is 10.1. The molecule has 0 bridgehead atoms. The largest absolute Gasteiger partial charge is 0.384 e. The van der Waals surface area contributed by atoms with Gasteiger partial charge in [-0.3, -0.25) is 4.79 Å². The maximum absolute atomic E-state index is 11.5. The van der Waals surface area contributed by atoms with Gasteiger partial charge in [0, 0.05) is 23.8 Å². The lowest BCUT2D eigenvalue weighted by Gasteiger charge is -2.09. The van der Waals surface area contributed by atoms with Gasteiger partial charge in [-0.1, -0.05) is 13.8 Å². The minimum Gasteiger partial charge on any atom is -0.384 e. The number of hydrogen-bond donors (Lipinski definition) is 2. The van der Waals surface area contributed by atoms with E-state index in [2.05, 4.69) is 16.7 Å². The summed E-state index contributed by atoms with van der Waals surface area (Å²) in [4.78, 5) is 11.5. The third-order valence-electron chi connectivity index (χ3n) is 2.61. The van der Waals surface area contributed by atoms with E-state index in [0.29, 0.717) is 0 Å². The molecule has 1 aliphatic rings. The molecule has 0 saturated carbocycles. The molecule has 1 amide bonds. The van der Waals surface area contributed by atoms with Gasteiger partial charge in [0.15, 0.2) is 0 Å². The second-order valence-corrected chi connectivity index (χ2v) is 4.19. The van der Waals surface area contributed by atoms with Crippen molar-refractivity contribution in [1.82, 2.24) is 0 Å². The molecule has 16 heavy (non-hydrogen) atoms. The molecule has 0 aliphatic carbocycles.